The number of pyridine rings is 1. The Morgan fingerprint density at radius 2 is 1.50 bits per heavy atom. The third-order valence-electron chi connectivity index (χ3n) is 5.75. The average Bonchev–Trinajstić information content (AvgIpc) is 2.80. The highest BCUT2D eigenvalue weighted by molar-refractivity contribution is 5.86. The Hall–Kier alpha value is -2.41. The minimum Gasteiger partial charge on any atom is -0.201 e. The molecule has 120 valence electrons. The number of fused-ring (bicyclic) bond motifs is 3. The lowest BCUT2D eigenvalue weighted by molar-refractivity contribution is -0.660. The summed E-state index contributed by atoms with van der Waals surface area (Å²) in [4.78, 5) is 0. The van der Waals surface area contributed by atoms with E-state index in [1.54, 1.807) is 0 Å². The van der Waals surface area contributed by atoms with Gasteiger partial charge in [0.25, 0.3) is 0 Å². The molecule has 1 heteroatoms. The molecule has 1 aromatic heterocycles. The number of nitrogens with zero attached hydrogens (tertiary/aromatic N) is 1. The Labute approximate surface area is 144 Å². The van der Waals surface area contributed by atoms with Crippen LogP contribution in [0.1, 0.15) is 36.1 Å². The molecule has 0 atom stereocenters. The van der Waals surface area contributed by atoms with E-state index in [1.165, 1.54) is 44.6 Å². The zero-order valence-electron chi connectivity index (χ0n) is 15.1. The van der Waals surface area contributed by atoms with E-state index < -0.39 is 0 Å². The monoisotopic (exact) mass is 314 g/mol. The smallest absolute Gasteiger partial charge is 0.201 e. The number of hydrogen-bond acceptors (Lipinski definition) is 0. The number of aryl methyl sites for hydroxylation is 1. The van der Waals surface area contributed by atoms with E-state index in [9.17, 15) is 0 Å². The van der Waals surface area contributed by atoms with Gasteiger partial charge in [-0.2, -0.15) is 0 Å². The minimum atomic E-state index is 0.0676. The number of hydrogen-bond donors (Lipinski definition) is 0. The Kier molecular flexibility index (Phi) is 3.18. The van der Waals surface area contributed by atoms with Crippen LogP contribution in [-0.2, 0) is 12.5 Å². The molecule has 0 fully saturated rings. The lowest BCUT2D eigenvalue weighted by atomic mass is 9.78. The number of rotatable bonds is 1. The van der Waals surface area contributed by atoms with Gasteiger partial charge < -0.3 is 0 Å². The van der Waals surface area contributed by atoms with Crippen molar-refractivity contribution in [3.63, 3.8) is 0 Å². The molecular weight excluding hydrogens is 290 g/mol. The molecule has 0 saturated carbocycles. The van der Waals surface area contributed by atoms with Crippen LogP contribution in [0.25, 0.3) is 22.4 Å². The second-order valence-corrected chi connectivity index (χ2v) is 7.46. The molecule has 0 N–H and O–H groups in total. The van der Waals surface area contributed by atoms with Crippen LogP contribution in [0.15, 0.2) is 54.7 Å². The summed E-state index contributed by atoms with van der Waals surface area (Å²) >= 11 is 0. The van der Waals surface area contributed by atoms with Crippen LogP contribution in [0.4, 0.5) is 0 Å². The first-order valence-corrected chi connectivity index (χ1v) is 8.62. The van der Waals surface area contributed by atoms with E-state index in [4.69, 9.17) is 0 Å². The van der Waals surface area contributed by atoms with Gasteiger partial charge in [0, 0.05) is 23.1 Å². The van der Waals surface area contributed by atoms with Gasteiger partial charge in [0.2, 0.25) is 5.69 Å². The van der Waals surface area contributed by atoms with Crippen LogP contribution in [0.3, 0.4) is 0 Å². The van der Waals surface area contributed by atoms with Crippen LogP contribution in [0, 0.1) is 13.8 Å². The Bertz CT molecular complexity index is 964. The molecule has 0 bridgehead atoms. The van der Waals surface area contributed by atoms with Crippen molar-refractivity contribution >= 4 is 0 Å². The first-order valence-electron chi connectivity index (χ1n) is 8.62. The van der Waals surface area contributed by atoms with Crippen molar-refractivity contribution in [1.29, 1.82) is 0 Å². The maximum Gasteiger partial charge on any atom is 0.212 e. The van der Waals surface area contributed by atoms with Gasteiger partial charge in [-0.25, -0.2) is 4.57 Å². The van der Waals surface area contributed by atoms with E-state index in [0.717, 1.165) is 0 Å². The highest BCUT2D eigenvalue weighted by Gasteiger charge is 2.37. The topological polar surface area (TPSA) is 3.88 Å². The minimum absolute atomic E-state index is 0.0676. The van der Waals surface area contributed by atoms with Gasteiger partial charge in [0.1, 0.15) is 7.05 Å². The summed E-state index contributed by atoms with van der Waals surface area (Å²) in [5.41, 5.74) is 11.2. The van der Waals surface area contributed by atoms with Crippen molar-refractivity contribution in [3.05, 3.63) is 77.0 Å². The predicted molar refractivity (Wildman–Crippen MR) is 100 cm³/mol. The van der Waals surface area contributed by atoms with Gasteiger partial charge in [0.05, 0.1) is 0 Å². The van der Waals surface area contributed by atoms with Crippen LogP contribution in [-0.4, -0.2) is 0 Å². The van der Waals surface area contributed by atoms with Crippen molar-refractivity contribution in [2.45, 2.75) is 33.1 Å². The standard InChI is InChI=1S/C23H24N/c1-15-16(2)22-19(14-18(15)21-12-8-9-13-24(21)5)17-10-6-7-11-20(17)23(22,3)4/h6-14H,1-5H3/q+1. The molecule has 1 nitrogen and oxygen atoms in total. The molecule has 3 aromatic rings. The normalized spacial score (nSPS) is 14.4. The Balaban J connectivity index is 2.09. The first kappa shape index (κ1) is 15.1. The Morgan fingerprint density at radius 1 is 0.792 bits per heavy atom. The van der Waals surface area contributed by atoms with Gasteiger partial charge in [-0.15, -0.1) is 0 Å². The zero-order valence-corrected chi connectivity index (χ0v) is 15.1. The zero-order chi connectivity index (χ0) is 17.1. The quantitative estimate of drug-likeness (QED) is 0.550. The molecule has 24 heavy (non-hydrogen) atoms. The third kappa shape index (κ3) is 1.91. The van der Waals surface area contributed by atoms with Crippen LogP contribution < -0.4 is 4.57 Å². The molecule has 0 radical (unpaired) electrons. The fraction of sp³-hybridized carbons (Fsp3) is 0.261. The molecule has 1 aliphatic rings. The van der Waals surface area contributed by atoms with Crippen molar-refractivity contribution in [1.82, 2.24) is 0 Å². The van der Waals surface area contributed by atoms with Crippen molar-refractivity contribution in [2.24, 2.45) is 7.05 Å². The van der Waals surface area contributed by atoms with E-state index >= 15 is 0 Å². The molecule has 0 aliphatic heterocycles. The molecule has 1 aliphatic carbocycles. The van der Waals surface area contributed by atoms with Gasteiger partial charge in [-0.3, -0.25) is 0 Å². The largest absolute Gasteiger partial charge is 0.212 e. The molecule has 4 rings (SSSR count). The molecule has 0 spiro atoms. The van der Waals surface area contributed by atoms with E-state index in [0.29, 0.717) is 0 Å². The Morgan fingerprint density at radius 3 is 2.25 bits per heavy atom. The molecular formula is C23H24N+. The summed E-state index contributed by atoms with van der Waals surface area (Å²) in [7, 11) is 2.12. The van der Waals surface area contributed by atoms with Crippen LogP contribution in [0.2, 0.25) is 0 Å². The lowest BCUT2D eigenvalue weighted by Gasteiger charge is -2.25. The fourth-order valence-corrected chi connectivity index (χ4v) is 4.40. The van der Waals surface area contributed by atoms with Gasteiger partial charge >= 0.3 is 0 Å². The summed E-state index contributed by atoms with van der Waals surface area (Å²) in [5, 5.41) is 0. The highest BCUT2D eigenvalue weighted by atomic mass is 14.9. The molecule has 0 unspecified atom stereocenters. The summed E-state index contributed by atoms with van der Waals surface area (Å²) in [6, 6.07) is 17.7. The molecule has 1 heterocycles. The molecule has 0 amide bonds. The number of aromatic nitrogens is 1. The van der Waals surface area contributed by atoms with E-state index in [-0.39, 0.29) is 5.41 Å². The van der Waals surface area contributed by atoms with Gasteiger partial charge in [-0.1, -0.05) is 38.1 Å². The van der Waals surface area contributed by atoms with Crippen molar-refractivity contribution in [2.75, 3.05) is 0 Å². The molecule has 0 saturated heterocycles. The predicted octanol–water partition coefficient (Wildman–Crippen LogP) is 5.10. The van der Waals surface area contributed by atoms with Crippen LogP contribution in [0.5, 0.6) is 0 Å². The summed E-state index contributed by atoms with van der Waals surface area (Å²) in [6.07, 6.45) is 2.12. The fourth-order valence-electron chi connectivity index (χ4n) is 4.40. The van der Waals surface area contributed by atoms with Gasteiger partial charge in [-0.05, 0) is 59.4 Å². The maximum atomic E-state index is 2.40. The SMILES string of the molecule is Cc1c(-c2cccc[n+]2C)cc2c(c1C)C(C)(C)c1ccccc1-2. The average molecular weight is 314 g/mol. The van der Waals surface area contributed by atoms with E-state index in [1.807, 2.05) is 0 Å². The summed E-state index contributed by atoms with van der Waals surface area (Å²) in [6.45, 7) is 9.25. The lowest BCUT2D eigenvalue weighted by Crippen LogP contribution is -2.30. The highest BCUT2D eigenvalue weighted by Crippen LogP contribution is 2.51. The van der Waals surface area contributed by atoms with Crippen molar-refractivity contribution in [3.8, 4) is 22.4 Å². The second kappa shape index (κ2) is 5.04. The van der Waals surface area contributed by atoms with Gasteiger partial charge in [0.15, 0.2) is 6.20 Å². The summed E-state index contributed by atoms with van der Waals surface area (Å²) in [5.74, 6) is 0. The van der Waals surface area contributed by atoms with Crippen LogP contribution >= 0.6 is 0 Å². The first-order chi connectivity index (χ1) is 11.4. The third-order valence-corrected chi connectivity index (χ3v) is 5.75. The maximum absolute atomic E-state index is 2.40. The molecule has 2 aromatic carbocycles. The number of benzene rings is 2. The summed E-state index contributed by atoms with van der Waals surface area (Å²) < 4.78 is 2.21. The second-order valence-electron chi connectivity index (χ2n) is 7.46. The van der Waals surface area contributed by atoms with E-state index in [2.05, 4.69) is 94.0 Å². The van der Waals surface area contributed by atoms with Crippen molar-refractivity contribution < 1.29 is 4.57 Å².